The average molecular weight is 522 g/mol. The third-order valence-corrected chi connectivity index (χ3v) is 5.87. The summed E-state index contributed by atoms with van der Waals surface area (Å²) in [5.74, 6) is -1.35. The number of amides is 3. The van der Waals surface area contributed by atoms with Crippen molar-refractivity contribution in [2.75, 3.05) is 18.1 Å². The fourth-order valence-electron chi connectivity index (χ4n) is 3.42. The second-order valence-corrected chi connectivity index (χ2v) is 9.94. The van der Waals surface area contributed by atoms with Crippen molar-refractivity contribution in [3.63, 3.8) is 0 Å². The number of benzene rings is 2. The maximum absolute atomic E-state index is 13.5. The lowest BCUT2D eigenvalue weighted by molar-refractivity contribution is -0.138. The van der Waals surface area contributed by atoms with Gasteiger partial charge < -0.3 is 25.4 Å². The van der Waals surface area contributed by atoms with Gasteiger partial charge in [0.05, 0.1) is 10.7 Å². The van der Waals surface area contributed by atoms with Crippen molar-refractivity contribution in [3.05, 3.63) is 58.1 Å². The molecule has 0 heterocycles. The summed E-state index contributed by atoms with van der Waals surface area (Å²) >= 11 is 10.5. The Morgan fingerprint density at radius 2 is 1.71 bits per heavy atom. The first-order chi connectivity index (χ1) is 16.3. The highest BCUT2D eigenvalue weighted by atomic mass is 35.5. The van der Waals surface area contributed by atoms with Crippen LogP contribution in [-0.4, -0.2) is 52.4 Å². The molecule has 10 heteroatoms. The van der Waals surface area contributed by atoms with Crippen molar-refractivity contribution >= 4 is 47.8 Å². The lowest BCUT2D eigenvalue weighted by Gasteiger charge is -2.32. The zero-order chi connectivity index (χ0) is 26.5. The van der Waals surface area contributed by atoms with Crippen LogP contribution in [0.1, 0.15) is 43.5 Å². The highest BCUT2D eigenvalue weighted by molar-refractivity contribution is 7.80. The molecular weight excluding hydrogens is 490 g/mol. The van der Waals surface area contributed by atoms with Crippen LogP contribution in [0.25, 0.3) is 0 Å². The zero-order valence-electron chi connectivity index (χ0n) is 20.7. The lowest BCUT2D eigenvalue weighted by Crippen LogP contribution is -2.52. The van der Waals surface area contributed by atoms with Gasteiger partial charge in [-0.25, -0.2) is 4.79 Å². The number of aryl methyl sites for hydroxylation is 2. The van der Waals surface area contributed by atoms with Crippen molar-refractivity contribution in [2.24, 2.45) is 0 Å². The zero-order valence-corrected chi connectivity index (χ0v) is 22.3. The summed E-state index contributed by atoms with van der Waals surface area (Å²) in [6.45, 7) is 8.58. The Morgan fingerprint density at radius 3 is 2.29 bits per heavy atom. The summed E-state index contributed by atoms with van der Waals surface area (Å²) in [6, 6.07) is 7.80. The number of anilines is 1. The van der Waals surface area contributed by atoms with Crippen molar-refractivity contribution in [1.82, 2.24) is 10.2 Å². The molecule has 2 rings (SSSR count). The van der Waals surface area contributed by atoms with Gasteiger partial charge in [-0.1, -0.05) is 41.9 Å². The number of halogens is 1. The molecule has 3 N–H and O–H groups in total. The molecule has 190 valence electrons. The van der Waals surface area contributed by atoms with Crippen LogP contribution in [0.15, 0.2) is 36.4 Å². The number of nitrogens with one attached hydrogen (secondary N) is 2. The molecule has 0 spiro atoms. The van der Waals surface area contributed by atoms with Crippen molar-refractivity contribution in [1.29, 1.82) is 0 Å². The number of nitrogens with zero attached hydrogens (tertiary/aromatic N) is 1. The predicted molar refractivity (Wildman–Crippen MR) is 140 cm³/mol. The highest BCUT2D eigenvalue weighted by Gasteiger charge is 2.35. The van der Waals surface area contributed by atoms with E-state index < -0.39 is 35.6 Å². The molecular formula is C25H32ClN3O5S. The molecule has 0 radical (unpaired) electrons. The Labute approximate surface area is 216 Å². The van der Waals surface area contributed by atoms with Gasteiger partial charge in [0, 0.05) is 18.4 Å². The third-order valence-electron chi connectivity index (χ3n) is 5.19. The molecule has 2 aromatic rings. The fraction of sp³-hybridized carbons (Fsp3) is 0.400. The molecule has 2 unspecified atom stereocenters. The molecule has 0 aliphatic carbocycles. The van der Waals surface area contributed by atoms with Gasteiger partial charge in [0.25, 0.3) is 5.91 Å². The predicted octanol–water partition coefficient (Wildman–Crippen LogP) is 4.62. The first kappa shape index (κ1) is 28.3. The third kappa shape index (κ3) is 7.29. The maximum atomic E-state index is 13.5. The van der Waals surface area contributed by atoms with Gasteiger partial charge in [-0.15, -0.1) is 0 Å². The van der Waals surface area contributed by atoms with Crippen LogP contribution in [0, 0.1) is 13.8 Å². The van der Waals surface area contributed by atoms with Crippen molar-refractivity contribution in [3.8, 4) is 5.75 Å². The van der Waals surface area contributed by atoms with Gasteiger partial charge in [-0.2, -0.15) is 12.6 Å². The summed E-state index contributed by atoms with van der Waals surface area (Å²) < 4.78 is 5.24. The highest BCUT2D eigenvalue weighted by Crippen LogP contribution is 2.33. The molecule has 0 saturated carbocycles. The molecule has 35 heavy (non-hydrogen) atoms. The molecule has 0 aliphatic rings. The molecule has 0 saturated heterocycles. The molecule has 0 fully saturated rings. The molecule has 2 aromatic carbocycles. The van der Waals surface area contributed by atoms with Gasteiger partial charge in [-0.05, 0) is 51.8 Å². The van der Waals surface area contributed by atoms with E-state index in [0.717, 1.165) is 10.5 Å². The normalized spacial score (nSPS) is 12.9. The Morgan fingerprint density at radius 1 is 1.11 bits per heavy atom. The quantitative estimate of drug-likeness (QED) is 0.397. The van der Waals surface area contributed by atoms with Gasteiger partial charge in [-0.3, -0.25) is 9.59 Å². The van der Waals surface area contributed by atoms with Gasteiger partial charge >= 0.3 is 6.09 Å². The number of rotatable bonds is 7. The van der Waals surface area contributed by atoms with Crippen molar-refractivity contribution < 1.29 is 24.2 Å². The topological polar surface area (TPSA) is 108 Å². The van der Waals surface area contributed by atoms with E-state index in [1.165, 1.54) is 7.05 Å². The van der Waals surface area contributed by atoms with E-state index in [1.54, 1.807) is 71.0 Å². The first-order valence-electron chi connectivity index (χ1n) is 11.0. The Hall–Kier alpha value is -2.91. The number of ether oxygens (including phenoxy) is 1. The molecule has 0 aliphatic heterocycles. The van der Waals surface area contributed by atoms with E-state index in [-0.39, 0.29) is 17.1 Å². The van der Waals surface area contributed by atoms with E-state index in [9.17, 15) is 19.5 Å². The minimum Gasteiger partial charge on any atom is -0.507 e. The number of alkyl carbamates (subject to hydrolysis) is 1. The van der Waals surface area contributed by atoms with Gasteiger partial charge in [0.15, 0.2) is 0 Å². The Bertz CT molecular complexity index is 1080. The molecule has 0 bridgehead atoms. The monoisotopic (exact) mass is 521 g/mol. The second-order valence-electron chi connectivity index (χ2n) is 9.17. The van der Waals surface area contributed by atoms with E-state index in [1.807, 2.05) is 0 Å². The standard InChI is InChI=1S/C25H32ClN3O5S/c1-14-9-8-12-17(26)19(14)28-22(31)20(16-11-7-10-15(2)21(16)30)29(6)23(32)18(13-35)27-24(33)34-25(3,4)5/h7-12,18,20,30,35H,13H2,1-6H3,(H,27,33)(H,28,31). The van der Waals surface area contributed by atoms with Crippen LogP contribution in [0.3, 0.4) is 0 Å². The number of phenolic OH excluding ortho intramolecular Hbond substituents is 1. The SMILES string of the molecule is Cc1cccc(C(C(=O)Nc2c(C)cccc2Cl)N(C)C(=O)C(CS)NC(=O)OC(C)(C)C)c1O. The number of thiol groups is 1. The van der Waals surface area contributed by atoms with Gasteiger partial charge in [0.2, 0.25) is 5.91 Å². The minimum atomic E-state index is -1.24. The Kier molecular flexibility index (Phi) is 9.45. The Balaban J connectivity index is 2.43. The molecule has 8 nitrogen and oxygen atoms in total. The summed E-state index contributed by atoms with van der Waals surface area (Å²) in [4.78, 5) is 40.4. The smallest absolute Gasteiger partial charge is 0.408 e. The number of para-hydroxylation sites is 2. The van der Waals surface area contributed by atoms with E-state index in [2.05, 4.69) is 23.3 Å². The fourth-order valence-corrected chi connectivity index (χ4v) is 3.93. The van der Waals surface area contributed by atoms with Crippen LogP contribution in [-0.2, 0) is 14.3 Å². The van der Waals surface area contributed by atoms with Crippen molar-refractivity contribution in [2.45, 2.75) is 52.3 Å². The number of carbonyl (C=O) groups excluding carboxylic acids is 3. The second kappa shape index (κ2) is 11.7. The van der Waals surface area contributed by atoms with E-state index in [0.29, 0.717) is 16.3 Å². The number of hydrogen-bond acceptors (Lipinski definition) is 6. The molecule has 0 aromatic heterocycles. The largest absolute Gasteiger partial charge is 0.507 e. The van der Waals surface area contributed by atoms with Crippen LogP contribution in [0.5, 0.6) is 5.75 Å². The summed E-state index contributed by atoms with van der Waals surface area (Å²) in [7, 11) is 1.42. The van der Waals surface area contributed by atoms with Crippen LogP contribution < -0.4 is 10.6 Å². The summed E-state index contributed by atoms with van der Waals surface area (Å²) in [5, 5.41) is 16.4. The first-order valence-corrected chi connectivity index (χ1v) is 12.0. The van der Waals surface area contributed by atoms with Crippen LogP contribution in [0.2, 0.25) is 5.02 Å². The average Bonchev–Trinajstić information content (AvgIpc) is 2.76. The van der Waals surface area contributed by atoms with E-state index >= 15 is 0 Å². The van der Waals surface area contributed by atoms with Gasteiger partial charge in [0.1, 0.15) is 23.4 Å². The number of likely N-dealkylation sites (N-methyl/N-ethyl adjacent to an activating group) is 1. The minimum absolute atomic E-state index is 0.0415. The van der Waals surface area contributed by atoms with Crippen LogP contribution >= 0.6 is 24.2 Å². The maximum Gasteiger partial charge on any atom is 0.408 e. The number of phenols is 1. The molecule has 2 atom stereocenters. The number of carbonyl (C=O) groups is 3. The van der Waals surface area contributed by atoms with Crippen LogP contribution in [0.4, 0.5) is 10.5 Å². The lowest BCUT2D eigenvalue weighted by atomic mass is 9.99. The number of aromatic hydroxyl groups is 1. The van der Waals surface area contributed by atoms with E-state index in [4.69, 9.17) is 16.3 Å². The number of hydrogen-bond donors (Lipinski definition) is 4. The summed E-state index contributed by atoms with van der Waals surface area (Å²) in [6.07, 6.45) is -0.788. The molecule has 3 amide bonds. The summed E-state index contributed by atoms with van der Waals surface area (Å²) in [5.41, 5.74) is 1.12.